The highest BCUT2D eigenvalue weighted by Crippen LogP contribution is 2.15. The molecular weight excluding hydrogens is 398 g/mol. The van der Waals surface area contributed by atoms with E-state index in [0.29, 0.717) is 12.2 Å². The molecule has 0 spiro atoms. The molecule has 2 heterocycles. The Morgan fingerprint density at radius 1 is 1.16 bits per heavy atom. The van der Waals surface area contributed by atoms with Crippen molar-refractivity contribution in [2.24, 2.45) is 0 Å². The number of imidazole rings is 1. The van der Waals surface area contributed by atoms with Gasteiger partial charge in [0, 0.05) is 6.54 Å². The van der Waals surface area contributed by atoms with Gasteiger partial charge in [-0.3, -0.25) is 14.5 Å². The van der Waals surface area contributed by atoms with E-state index in [1.165, 1.54) is 0 Å². The number of methoxy groups -OCH3 is 1. The molecule has 0 unspecified atom stereocenters. The third-order valence-electron chi connectivity index (χ3n) is 5.17. The van der Waals surface area contributed by atoms with Crippen LogP contribution in [-0.4, -0.2) is 52.4 Å². The number of imide groups is 1. The zero-order chi connectivity index (χ0) is 21.8. The maximum absolute atomic E-state index is 12.6. The van der Waals surface area contributed by atoms with Crippen molar-refractivity contribution < 1.29 is 19.1 Å². The predicted molar refractivity (Wildman–Crippen MR) is 113 cm³/mol. The molecule has 3 aromatic rings. The summed E-state index contributed by atoms with van der Waals surface area (Å²) in [7, 11) is 1.59. The Morgan fingerprint density at radius 3 is 2.68 bits per heavy atom. The van der Waals surface area contributed by atoms with Crippen molar-refractivity contribution in [3.63, 3.8) is 0 Å². The Labute approximate surface area is 178 Å². The van der Waals surface area contributed by atoms with Gasteiger partial charge in [-0.1, -0.05) is 24.3 Å². The number of benzene rings is 2. The first kappa shape index (κ1) is 20.4. The molecule has 31 heavy (non-hydrogen) atoms. The first-order chi connectivity index (χ1) is 15.0. The number of fused-ring (bicyclic) bond motifs is 1. The number of rotatable bonds is 8. The lowest BCUT2D eigenvalue weighted by Crippen LogP contribution is -2.36. The van der Waals surface area contributed by atoms with Crippen molar-refractivity contribution in [1.29, 1.82) is 0 Å². The number of aromatic nitrogens is 2. The molecular formula is C22H23N5O4. The molecule has 0 bridgehead atoms. The van der Waals surface area contributed by atoms with E-state index in [4.69, 9.17) is 4.74 Å². The summed E-state index contributed by atoms with van der Waals surface area (Å²) in [6.45, 7) is 0.456. The van der Waals surface area contributed by atoms with E-state index in [2.05, 4.69) is 20.6 Å². The van der Waals surface area contributed by atoms with Crippen molar-refractivity contribution >= 4 is 28.9 Å². The standard InChI is InChI=1S/C22H23N5O4/c1-31-15-8-6-14(7-9-15)10-11-27-21(29)18(26-22(27)30)12-20(28)23-13-19-24-16-4-2-3-5-17(16)25-19/h2-9,18H,10-13H2,1H3,(H,23,28)(H,24,25)(H,26,30)/t18-/m0/s1. The monoisotopic (exact) mass is 421 g/mol. The largest absolute Gasteiger partial charge is 0.497 e. The second-order valence-corrected chi connectivity index (χ2v) is 7.27. The number of carbonyl (C=O) groups excluding carboxylic acids is 3. The molecule has 2 aromatic carbocycles. The highest BCUT2D eigenvalue weighted by molar-refractivity contribution is 6.05. The molecule has 9 nitrogen and oxygen atoms in total. The van der Waals surface area contributed by atoms with Crippen LogP contribution < -0.4 is 15.4 Å². The van der Waals surface area contributed by atoms with E-state index < -0.39 is 18.0 Å². The molecule has 1 aliphatic heterocycles. The highest BCUT2D eigenvalue weighted by Gasteiger charge is 2.38. The van der Waals surface area contributed by atoms with Gasteiger partial charge in [-0.15, -0.1) is 0 Å². The summed E-state index contributed by atoms with van der Waals surface area (Å²) in [5.41, 5.74) is 2.68. The number of carbonyl (C=O) groups is 3. The molecule has 1 aliphatic rings. The van der Waals surface area contributed by atoms with Gasteiger partial charge < -0.3 is 20.4 Å². The van der Waals surface area contributed by atoms with Crippen LogP contribution >= 0.6 is 0 Å². The van der Waals surface area contributed by atoms with Crippen LogP contribution in [0.2, 0.25) is 0 Å². The zero-order valence-electron chi connectivity index (χ0n) is 17.1. The lowest BCUT2D eigenvalue weighted by molar-refractivity contribution is -0.130. The molecule has 1 aromatic heterocycles. The van der Waals surface area contributed by atoms with Gasteiger partial charge in [0.25, 0.3) is 5.91 Å². The van der Waals surface area contributed by atoms with Gasteiger partial charge in [-0.25, -0.2) is 9.78 Å². The van der Waals surface area contributed by atoms with Gasteiger partial charge >= 0.3 is 6.03 Å². The van der Waals surface area contributed by atoms with Crippen LogP contribution in [-0.2, 0) is 22.6 Å². The van der Waals surface area contributed by atoms with Crippen molar-refractivity contribution in [3.8, 4) is 5.75 Å². The fourth-order valence-electron chi connectivity index (χ4n) is 3.49. The fraction of sp³-hybridized carbons (Fsp3) is 0.273. The molecule has 160 valence electrons. The highest BCUT2D eigenvalue weighted by atomic mass is 16.5. The van der Waals surface area contributed by atoms with E-state index >= 15 is 0 Å². The van der Waals surface area contributed by atoms with Gasteiger partial charge in [0.05, 0.1) is 31.1 Å². The number of nitrogens with zero attached hydrogens (tertiary/aromatic N) is 2. The molecule has 0 aliphatic carbocycles. The molecule has 1 fully saturated rings. The molecule has 4 amide bonds. The van der Waals surface area contributed by atoms with E-state index in [1.54, 1.807) is 7.11 Å². The Balaban J connectivity index is 1.27. The smallest absolute Gasteiger partial charge is 0.324 e. The van der Waals surface area contributed by atoms with Gasteiger partial charge in [-0.2, -0.15) is 0 Å². The van der Waals surface area contributed by atoms with E-state index in [1.807, 2.05) is 48.5 Å². The summed E-state index contributed by atoms with van der Waals surface area (Å²) >= 11 is 0. The number of nitrogens with one attached hydrogen (secondary N) is 3. The van der Waals surface area contributed by atoms with Crippen LogP contribution in [0.25, 0.3) is 11.0 Å². The molecule has 9 heteroatoms. The van der Waals surface area contributed by atoms with E-state index in [-0.39, 0.29) is 25.4 Å². The number of urea groups is 1. The summed E-state index contributed by atoms with van der Waals surface area (Å²) in [5, 5.41) is 5.33. The molecule has 1 saturated heterocycles. The summed E-state index contributed by atoms with van der Waals surface area (Å²) < 4.78 is 5.12. The Kier molecular flexibility index (Phi) is 5.83. The molecule has 1 atom stereocenters. The van der Waals surface area contributed by atoms with Crippen LogP contribution in [0, 0.1) is 0 Å². The normalized spacial score (nSPS) is 15.9. The third-order valence-corrected chi connectivity index (χ3v) is 5.17. The minimum absolute atomic E-state index is 0.121. The quantitative estimate of drug-likeness (QED) is 0.479. The minimum Gasteiger partial charge on any atom is -0.497 e. The van der Waals surface area contributed by atoms with Crippen LogP contribution in [0.1, 0.15) is 17.8 Å². The molecule has 0 radical (unpaired) electrons. The first-order valence-corrected chi connectivity index (χ1v) is 9.98. The van der Waals surface area contributed by atoms with Crippen molar-refractivity contribution in [3.05, 3.63) is 59.9 Å². The van der Waals surface area contributed by atoms with E-state index in [0.717, 1.165) is 27.2 Å². The van der Waals surface area contributed by atoms with Crippen molar-refractivity contribution in [2.75, 3.05) is 13.7 Å². The van der Waals surface area contributed by atoms with Crippen LogP contribution in [0.15, 0.2) is 48.5 Å². The second kappa shape index (κ2) is 8.86. The van der Waals surface area contributed by atoms with Crippen molar-refractivity contribution in [2.45, 2.75) is 25.4 Å². The SMILES string of the molecule is COc1ccc(CCN2C(=O)N[C@@H](CC(=O)NCc3nc4ccccc4[nH]3)C2=O)cc1. The minimum atomic E-state index is -0.862. The zero-order valence-corrected chi connectivity index (χ0v) is 17.1. The Hall–Kier alpha value is -3.88. The summed E-state index contributed by atoms with van der Waals surface area (Å²) in [6, 6.07) is 13.7. The first-order valence-electron chi connectivity index (χ1n) is 9.98. The lowest BCUT2D eigenvalue weighted by Gasteiger charge is -2.13. The Morgan fingerprint density at radius 2 is 1.94 bits per heavy atom. The van der Waals surface area contributed by atoms with Crippen LogP contribution in [0.5, 0.6) is 5.75 Å². The number of ether oxygens (including phenoxy) is 1. The molecule has 3 N–H and O–H groups in total. The molecule has 0 saturated carbocycles. The van der Waals surface area contributed by atoms with Gasteiger partial charge in [0.2, 0.25) is 5.91 Å². The van der Waals surface area contributed by atoms with Gasteiger partial charge in [0.15, 0.2) is 0 Å². The summed E-state index contributed by atoms with van der Waals surface area (Å²) in [6.07, 6.45) is 0.401. The van der Waals surface area contributed by atoms with Gasteiger partial charge in [0.1, 0.15) is 17.6 Å². The van der Waals surface area contributed by atoms with Gasteiger partial charge in [-0.05, 0) is 36.2 Å². The van der Waals surface area contributed by atoms with Crippen LogP contribution in [0.4, 0.5) is 4.79 Å². The van der Waals surface area contributed by atoms with Crippen LogP contribution in [0.3, 0.4) is 0 Å². The van der Waals surface area contributed by atoms with E-state index in [9.17, 15) is 14.4 Å². The maximum atomic E-state index is 12.6. The summed E-state index contributed by atoms with van der Waals surface area (Å²) in [4.78, 5) is 45.8. The average molecular weight is 421 g/mol. The summed E-state index contributed by atoms with van der Waals surface area (Å²) in [5.74, 6) is 0.637. The second-order valence-electron chi connectivity index (χ2n) is 7.27. The number of aromatic amines is 1. The number of para-hydroxylation sites is 2. The average Bonchev–Trinajstić information content (AvgIpc) is 3.31. The molecule has 4 rings (SSSR count). The lowest BCUT2D eigenvalue weighted by atomic mass is 10.1. The number of H-pyrrole nitrogens is 1. The number of amides is 4. The number of hydrogen-bond acceptors (Lipinski definition) is 5. The maximum Gasteiger partial charge on any atom is 0.324 e. The third kappa shape index (κ3) is 4.66. The number of hydrogen-bond donors (Lipinski definition) is 3. The Bertz CT molecular complexity index is 1080. The predicted octanol–water partition coefficient (Wildman–Crippen LogP) is 1.74. The van der Waals surface area contributed by atoms with Crippen molar-refractivity contribution in [1.82, 2.24) is 25.5 Å². The fourth-order valence-corrected chi connectivity index (χ4v) is 3.49. The topological polar surface area (TPSA) is 116 Å².